The molecule has 1 rings (SSSR count). The molecule has 0 atom stereocenters. The third kappa shape index (κ3) is 2.70. The van der Waals surface area contributed by atoms with E-state index in [4.69, 9.17) is 4.74 Å². The molecular weight excluding hydrogens is 260 g/mol. The van der Waals surface area contributed by atoms with Gasteiger partial charge in [-0.05, 0) is 19.3 Å². The molecule has 0 aromatic carbocycles. The Morgan fingerprint density at radius 2 is 1.65 bits per heavy atom. The molecule has 6 heteroatoms. The Labute approximate surface area is 120 Å². The van der Waals surface area contributed by atoms with Gasteiger partial charge in [0.05, 0.1) is 0 Å². The lowest BCUT2D eigenvalue weighted by Gasteiger charge is -2.41. The zero-order chi connectivity index (χ0) is 15.3. The number of barbiturate groups is 1. The van der Waals surface area contributed by atoms with Gasteiger partial charge in [0, 0.05) is 13.7 Å². The minimum Gasteiger partial charge on any atom is -0.360 e. The Morgan fingerprint density at radius 3 is 2.15 bits per heavy atom. The fourth-order valence-corrected chi connectivity index (χ4v) is 2.40. The van der Waals surface area contributed by atoms with Gasteiger partial charge in [0.25, 0.3) is 0 Å². The molecule has 1 aliphatic heterocycles. The molecular formula is C14H24N2O4. The number of carbonyl (C=O) groups is 3. The van der Waals surface area contributed by atoms with Crippen molar-refractivity contribution in [3.05, 3.63) is 0 Å². The molecule has 0 N–H and O–H groups in total. The Balaban J connectivity index is 2.91. The summed E-state index contributed by atoms with van der Waals surface area (Å²) in [4.78, 5) is 38.9. The fraction of sp³-hybridized carbons (Fsp3) is 0.786. The summed E-state index contributed by atoms with van der Waals surface area (Å²) in [6.07, 6.45) is 2.61. The van der Waals surface area contributed by atoms with Crippen LogP contribution in [0.1, 0.15) is 46.5 Å². The van der Waals surface area contributed by atoms with Gasteiger partial charge in [-0.15, -0.1) is 0 Å². The number of hydrogen-bond donors (Lipinski definition) is 0. The van der Waals surface area contributed by atoms with Crippen LogP contribution in [-0.2, 0) is 14.3 Å². The van der Waals surface area contributed by atoms with Gasteiger partial charge in [0.1, 0.15) is 12.1 Å². The predicted octanol–water partition coefficient (Wildman–Crippen LogP) is 1.99. The van der Waals surface area contributed by atoms with E-state index in [1.165, 1.54) is 7.05 Å². The Hall–Kier alpha value is -1.43. The highest BCUT2D eigenvalue weighted by Gasteiger charge is 2.54. The fourth-order valence-electron chi connectivity index (χ4n) is 2.40. The van der Waals surface area contributed by atoms with Gasteiger partial charge in [-0.3, -0.25) is 14.5 Å². The highest BCUT2D eigenvalue weighted by Crippen LogP contribution is 2.35. The monoisotopic (exact) mass is 284 g/mol. The van der Waals surface area contributed by atoms with Crippen molar-refractivity contribution in [3.63, 3.8) is 0 Å². The third-order valence-electron chi connectivity index (χ3n) is 3.96. The summed E-state index contributed by atoms with van der Waals surface area (Å²) >= 11 is 0. The van der Waals surface area contributed by atoms with Crippen LogP contribution in [0.4, 0.5) is 4.79 Å². The smallest absolute Gasteiger partial charge is 0.335 e. The molecule has 0 aromatic rings. The van der Waals surface area contributed by atoms with E-state index < -0.39 is 23.3 Å². The van der Waals surface area contributed by atoms with Crippen LogP contribution < -0.4 is 0 Å². The Bertz CT molecular complexity index is 391. The second kappa shape index (κ2) is 6.83. The lowest BCUT2D eigenvalue weighted by molar-refractivity contribution is -0.162. The number of nitrogens with zero attached hydrogens (tertiary/aromatic N) is 2. The molecule has 0 spiro atoms. The van der Waals surface area contributed by atoms with Gasteiger partial charge in [0.15, 0.2) is 0 Å². The number of imide groups is 2. The first-order chi connectivity index (χ1) is 9.46. The summed E-state index contributed by atoms with van der Waals surface area (Å²) in [5.74, 6) is -0.852. The standard InChI is InChI=1S/C14H24N2O4/c1-5-8-9-20-10-16-12(18)14(6-2,7-3)11(17)15(4)13(16)19/h5-10H2,1-4H3. The molecule has 0 bridgehead atoms. The average molecular weight is 284 g/mol. The van der Waals surface area contributed by atoms with Crippen molar-refractivity contribution in [1.82, 2.24) is 9.80 Å². The van der Waals surface area contributed by atoms with Crippen molar-refractivity contribution in [1.29, 1.82) is 0 Å². The van der Waals surface area contributed by atoms with E-state index in [0.717, 1.165) is 22.6 Å². The largest absolute Gasteiger partial charge is 0.360 e. The number of hydrogen-bond acceptors (Lipinski definition) is 4. The molecule has 0 aromatic heterocycles. The number of rotatable bonds is 7. The van der Waals surface area contributed by atoms with Crippen molar-refractivity contribution in [2.75, 3.05) is 20.4 Å². The Morgan fingerprint density at radius 1 is 1.05 bits per heavy atom. The maximum absolute atomic E-state index is 12.5. The van der Waals surface area contributed by atoms with Gasteiger partial charge < -0.3 is 4.74 Å². The van der Waals surface area contributed by atoms with E-state index in [1.807, 2.05) is 6.92 Å². The van der Waals surface area contributed by atoms with E-state index in [9.17, 15) is 14.4 Å². The lowest BCUT2D eigenvalue weighted by Crippen LogP contribution is -2.64. The van der Waals surface area contributed by atoms with Gasteiger partial charge in [-0.25, -0.2) is 9.69 Å². The molecule has 114 valence electrons. The second-order valence-electron chi connectivity index (χ2n) is 5.06. The zero-order valence-electron chi connectivity index (χ0n) is 12.8. The molecule has 0 radical (unpaired) electrons. The van der Waals surface area contributed by atoms with Crippen LogP contribution in [0.15, 0.2) is 0 Å². The molecule has 6 nitrogen and oxygen atoms in total. The van der Waals surface area contributed by atoms with Crippen molar-refractivity contribution >= 4 is 17.8 Å². The summed E-state index contributed by atoms with van der Waals surface area (Å²) in [5, 5.41) is 0. The minimum absolute atomic E-state index is 0.0863. The van der Waals surface area contributed by atoms with Crippen molar-refractivity contribution < 1.29 is 19.1 Å². The van der Waals surface area contributed by atoms with E-state index in [-0.39, 0.29) is 6.73 Å². The SMILES string of the molecule is CCCCOCN1C(=O)N(C)C(=O)C(CC)(CC)C1=O. The van der Waals surface area contributed by atoms with Crippen molar-refractivity contribution in [3.8, 4) is 0 Å². The Kier molecular flexibility index (Phi) is 5.68. The molecule has 0 saturated carbocycles. The number of amides is 4. The zero-order valence-corrected chi connectivity index (χ0v) is 12.8. The van der Waals surface area contributed by atoms with Crippen molar-refractivity contribution in [2.45, 2.75) is 46.5 Å². The topological polar surface area (TPSA) is 66.9 Å². The van der Waals surface area contributed by atoms with Crippen LogP contribution in [0.2, 0.25) is 0 Å². The number of ether oxygens (including phenoxy) is 1. The normalized spacial score (nSPS) is 18.9. The minimum atomic E-state index is -1.13. The van der Waals surface area contributed by atoms with Crippen LogP contribution >= 0.6 is 0 Å². The first kappa shape index (κ1) is 16.6. The summed E-state index contributed by atoms with van der Waals surface area (Å²) in [5.41, 5.74) is -1.13. The van der Waals surface area contributed by atoms with E-state index in [2.05, 4.69) is 0 Å². The van der Waals surface area contributed by atoms with E-state index >= 15 is 0 Å². The van der Waals surface area contributed by atoms with Crippen LogP contribution in [-0.4, -0.2) is 48.0 Å². The highest BCUT2D eigenvalue weighted by molar-refractivity contribution is 6.18. The maximum Gasteiger partial charge on any atom is 0.335 e. The predicted molar refractivity (Wildman–Crippen MR) is 73.8 cm³/mol. The van der Waals surface area contributed by atoms with Crippen LogP contribution in [0, 0.1) is 5.41 Å². The number of urea groups is 1. The molecule has 1 heterocycles. The molecule has 20 heavy (non-hydrogen) atoms. The van der Waals surface area contributed by atoms with Crippen LogP contribution in [0.25, 0.3) is 0 Å². The first-order valence-corrected chi connectivity index (χ1v) is 7.18. The quantitative estimate of drug-likeness (QED) is 0.529. The molecule has 4 amide bonds. The van der Waals surface area contributed by atoms with Crippen LogP contribution in [0.3, 0.4) is 0 Å². The number of unbranched alkanes of at least 4 members (excludes halogenated alkanes) is 1. The molecule has 1 saturated heterocycles. The maximum atomic E-state index is 12.5. The van der Waals surface area contributed by atoms with Gasteiger partial charge >= 0.3 is 6.03 Å². The van der Waals surface area contributed by atoms with Gasteiger partial charge in [-0.1, -0.05) is 27.2 Å². The lowest BCUT2D eigenvalue weighted by atomic mass is 9.78. The summed E-state index contributed by atoms with van der Waals surface area (Å²) in [6.45, 7) is 6.03. The molecule has 0 aliphatic carbocycles. The summed E-state index contributed by atoms with van der Waals surface area (Å²) in [7, 11) is 1.41. The van der Waals surface area contributed by atoms with E-state index in [0.29, 0.717) is 19.4 Å². The average Bonchev–Trinajstić information content (AvgIpc) is 2.46. The van der Waals surface area contributed by atoms with Gasteiger partial charge in [-0.2, -0.15) is 0 Å². The molecule has 0 unspecified atom stereocenters. The summed E-state index contributed by atoms with van der Waals surface area (Å²) < 4.78 is 5.37. The summed E-state index contributed by atoms with van der Waals surface area (Å²) in [6, 6.07) is -0.603. The highest BCUT2D eigenvalue weighted by atomic mass is 16.5. The molecule has 1 fully saturated rings. The van der Waals surface area contributed by atoms with E-state index in [1.54, 1.807) is 13.8 Å². The van der Waals surface area contributed by atoms with Crippen molar-refractivity contribution in [2.24, 2.45) is 5.41 Å². The van der Waals surface area contributed by atoms with Crippen LogP contribution in [0.5, 0.6) is 0 Å². The van der Waals surface area contributed by atoms with Gasteiger partial charge in [0.2, 0.25) is 11.8 Å². The molecule has 1 aliphatic rings. The third-order valence-corrected chi connectivity index (χ3v) is 3.96. The number of carbonyl (C=O) groups excluding carboxylic acids is 3. The first-order valence-electron chi connectivity index (χ1n) is 7.18. The second-order valence-corrected chi connectivity index (χ2v) is 5.06.